The molecule has 1 rings (SSSR count). The standard InChI is InChI=1S/C12H19ClN2/c1-3-4-5-7-10(2)14-12-9-6-8-11(13)15-12/h6,8-10H,3-5,7H2,1-2H3,(H,14,15). The van der Waals surface area contributed by atoms with Crippen molar-refractivity contribution in [2.75, 3.05) is 5.32 Å². The van der Waals surface area contributed by atoms with Gasteiger partial charge in [0.2, 0.25) is 0 Å². The maximum atomic E-state index is 5.80. The number of pyridine rings is 1. The zero-order valence-electron chi connectivity index (χ0n) is 9.46. The van der Waals surface area contributed by atoms with Crippen LogP contribution in [0.25, 0.3) is 0 Å². The maximum Gasteiger partial charge on any atom is 0.131 e. The summed E-state index contributed by atoms with van der Waals surface area (Å²) in [6.45, 7) is 4.40. The minimum absolute atomic E-state index is 0.461. The van der Waals surface area contributed by atoms with Crippen molar-refractivity contribution in [2.24, 2.45) is 0 Å². The first-order valence-corrected chi connectivity index (χ1v) is 5.99. The van der Waals surface area contributed by atoms with Crippen LogP contribution in [0.5, 0.6) is 0 Å². The third-order valence-corrected chi connectivity index (χ3v) is 2.56. The average Bonchev–Trinajstić information content (AvgIpc) is 2.18. The molecule has 1 unspecified atom stereocenters. The molecule has 84 valence electrons. The third kappa shape index (κ3) is 5.03. The van der Waals surface area contributed by atoms with Crippen molar-refractivity contribution in [2.45, 2.75) is 45.6 Å². The Hall–Kier alpha value is -0.760. The van der Waals surface area contributed by atoms with E-state index in [0.717, 1.165) is 5.82 Å². The van der Waals surface area contributed by atoms with Gasteiger partial charge >= 0.3 is 0 Å². The van der Waals surface area contributed by atoms with Gasteiger partial charge in [0, 0.05) is 6.04 Å². The van der Waals surface area contributed by atoms with E-state index in [4.69, 9.17) is 11.6 Å². The Morgan fingerprint density at radius 3 is 2.87 bits per heavy atom. The molecule has 0 bridgehead atoms. The van der Waals surface area contributed by atoms with Crippen molar-refractivity contribution in [3.8, 4) is 0 Å². The molecule has 2 nitrogen and oxygen atoms in total. The molecular formula is C12H19ClN2. The number of unbranched alkanes of at least 4 members (excludes halogenated alkanes) is 2. The molecule has 0 radical (unpaired) electrons. The summed E-state index contributed by atoms with van der Waals surface area (Å²) in [7, 11) is 0. The molecule has 0 saturated heterocycles. The molecule has 0 aliphatic rings. The fourth-order valence-electron chi connectivity index (χ4n) is 1.51. The first-order chi connectivity index (χ1) is 7.22. The molecule has 0 amide bonds. The van der Waals surface area contributed by atoms with Gasteiger partial charge in [0.25, 0.3) is 0 Å². The summed E-state index contributed by atoms with van der Waals surface area (Å²) >= 11 is 5.80. The summed E-state index contributed by atoms with van der Waals surface area (Å²) in [5.41, 5.74) is 0. The summed E-state index contributed by atoms with van der Waals surface area (Å²) in [5.74, 6) is 0.867. The zero-order valence-corrected chi connectivity index (χ0v) is 10.2. The SMILES string of the molecule is CCCCCC(C)Nc1cccc(Cl)n1. The normalized spacial score (nSPS) is 12.5. The van der Waals surface area contributed by atoms with Crippen LogP contribution in [0.3, 0.4) is 0 Å². The van der Waals surface area contributed by atoms with Crippen molar-refractivity contribution in [1.82, 2.24) is 4.98 Å². The second-order valence-corrected chi connectivity index (χ2v) is 4.27. The molecule has 1 aromatic rings. The minimum atomic E-state index is 0.461. The van der Waals surface area contributed by atoms with E-state index < -0.39 is 0 Å². The number of aromatic nitrogens is 1. The molecule has 0 fully saturated rings. The van der Waals surface area contributed by atoms with Crippen LogP contribution in [0.15, 0.2) is 18.2 Å². The van der Waals surface area contributed by atoms with E-state index >= 15 is 0 Å². The van der Waals surface area contributed by atoms with Crippen molar-refractivity contribution in [1.29, 1.82) is 0 Å². The first kappa shape index (κ1) is 12.3. The van der Waals surface area contributed by atoms with Gasteiger partial charge in [-0.25, -0.2) is 4.98 Å². The van der Waals surface area contributed by atoms with Gasteiger partial charge in [-0.15, -0.1) is 0 Å². The predicted octanol–water partition coefficient (Wildman–Crippen LogP) is 4.12. The number of rotatable bonds is 6. The van der Waals surface area contributed by atoms with Crippen LogP contribution in [-0.4, -0.2) is 11.0 Å². The number of halogens is 1. The number of nitrogens with one attached hydrogen (secondary N) is 1. The highest BCUT2D eigenvalue weighted by Gasteiger charge is 2.02. The van der Waals surface area contributed by atoms with E-state index in [1.54, 1.807) is 6.07 Å². The monoisotopic (exact) mass is 226 g/mol. The van der Waals surface area contributed by atoms with Crippen molar-refractivity contribution in [3.63, 3.8) is 0 Å². The molecule has 1 N–H and O–H groups in total. The number of hydrogen-bond donors (Lipinski definition) is 1. The van der Waals surface area contributed by atoms with E-state index in [9.17, 15) is 0 Å². The van der Waals surface area contributed by atoms with Crippen LogP contribution < -0.4 is 5.32 Å². The van der Waals surface area contributed by atoms with Gasteiger partial charge in [0.1, 0.15) is 11.0 Å². The molecule has 0 spiro atoms. The molecule has 1 heterocycles. The van der Waals surface area contributed by atoms with Gasteiger partial charge in [-0.3, -0.25) is 0 Å². The van der Waals surface area contributed by atoms with E-state index in [1.807, 2.05) is 12.1 Å². The summed E-state index contributed by atoms with van der Waals surface area (Å²) in [4.78, 5) is 4.20. The highest BCUT2D eigenvalue weighted by Crippen LogP contribution is 2.12. The highest BCUT2D eigenvalue weighted by molar-refractivity contribution is 6.29. The third-order valence-electron chi connectivity index (χ3n) is 2.35. The zero-order chi connectivity index (χ0) is 11.1. The Labute approximate surface area is 97.1 Å². The van der Waals surface area contributed by atoms with E-state index in [1.165, 1.54) is 25.7 Å². The van der Waals surface area contributed by atoms with Gasteiger partial charge < -0.3 is 5.32 Å². The minimum Gasteiger partial charge on any atom is -0.368 e. The lowest BCUT2D eigenvalue weighted by molar-refractivity contribution is 0.614. The fourth-order valence-corrected chi connectivity index (χ4v) is 1.68. The van der Waals surface area contributed by atoms with Gasteiger partial charge in [0.05, 0.1) is 0 Å². The Bertz CT molecular complexity index is 289. The molecule has 0 saturated carbocycles. The predicted molar refractivity (Wildman–Crippen MR) is 66.5 cm³/mol. The summed E-state index contributed by atoms with van der Waals surface area (Å²) in [5, 5.41) is 3.89. The molecule has 1 atom stereocenters. The molecule has 0 aromatic carbocycles. The number of anilines is 1. The first-order valence-electron chi connectivity index (χ1n) is 5.61. The van der Waals surface area contributed by atoms with Crippen LogP contribution >= 0.6 is 11.6 Å². The van der Waals surface area contributed by atoms with E-state index in [0.29, 0.717) is 11.2 Å². The smallest absolute Gasteiger partial charge is 0.131 e. The lowest BCUT2D eigenvalue weighted by atomic mass is 10.1. The van der Waals surface area contributed by atoms with E-state index in [2.05, 4.69) is 24.1 Å². The van der Waals surface area contributed by atoms with Crippen LogP contribution in [0.4, 0.5) is 5.82 Å². The number of nitrogens with zero attached hydrogens (tertiary/aromatic N) is 1. The lowest BCUT2D eigenvalue weighted by Gasteiger charge is -2.14. The van der Waals surface area contributed by atoms with Gasteiger partial charge in [-0.05, 0) is 25.5 Å². The van der Waals surface area contributed by atoms with Crippen LogP contribution in [-0.2, 0) is 0 Å². The van der Waals surface area contributed by atoms with Gasteiger partial charge in [0.15, 0.2) is 0 Å². The van der Waals surface area contributed by atoms with Crippen molar-refractivity contribution >= 4 is 17.4 Å². The average molecular weight is 227 g/mol. The van der Waals surface area contributed by atoms with Crippen LogP contribution in [0.1, 0.15) is 39.5 Å². The van der Waals surface area contributed by atoms with Crippen molar-refractivity contribution in [3.05, 3.63) is 23.4 Å². The Morgan fingerprint density at radius 1 is 1.40 bits per heavy atom. The lowest BCUT2D eigenvalue weighted by Crippen LogP contribution is -2.15. The van der Waals surface area contributed by atoms with Crippen LogP contribution in [0.2, 0.25) is 5.15 Å². The Balaban J connectivity index is 2.34. The van der Waals surface area contributed by atoms with Crippen LogP contribution in [0, 0.1) is 0 Å². The Kier molecular flexibility index (Phi) is 5.48. The number of hydrogen-bond acceptors (Lipinski definition) is 2. The molecule has 0 aliphatic carbocycles. The molecular weight excluding hydrogens is 208 g/mol. The fraction of sp³-hybridized carbons (Fsp3) is 0.583. The Morgan fingerprint density at radius 2 is 2.20 bits per heavy atom. The second kappa shape index (κ2) is 6.67. The highest BCUT2D eigenvalue weighted by atomic mass is 35.5. The molecule has 3 heteroatoms. The van der Waals surface area contributed by atoms with Gasteiger partial charge in [-0.2, -0.15) is 0 Å². The molecule has 15 heavy (non-hydrogen) atoms. The topological polar surface area (TPSA) is 24.9 Å². The van der Waals surface area contributed by atoms with E-state index in [-0.39, 0.29) is 0 Å². The summed E-state index contributed by atoms with van der Waals surface area (Å²) < 4.78 is 0. The molecule has 1 aromatic heterocycles. The summed E-state index contributed by atoms with van der Waals surface area (Å²) in [6.07, 6.45) is 5.02. The molecule has 0 aliphatic heterocycles. The largest absolute Gasteiger partial charge is 0.368 e. The quantitative estimate of drug-likeness (QED) is 0.583. The second-order valence-electron chi connectivity index (χ2n) is 3.89. The maximum absolute atomic E-state index is 5.80. The van der Waals surface area contributed by atoms with Gasteiger partial charge in [-0.1, -0.05) is 43.9 Å². The summed E-state index contributed by atoms with van der Waals surface area (Å²) in [6, 6.07) is 6.11. The van der Waals surface area contributed by atoms with Crippen molar-refractivity contribution < 1.29 is 0 Å².